The van der Waals surface area contributed by atoms with Crippen LogP contribution < -0.4 is 10.2 Å². The van der Waals surface area contributed by atoms with Gasteiger partial charge in [-0.2, -0.15) is 5.10 Å². The molecular formula is C19H20N2O2. The third-order valence-corrected chi connectivity index (χ3v) is 3.14. The van der Waals surface area contributed by atoms with Crippen molar-refractivity contribution in [1.82, 2.24) is 5.43 Å². The molecule has 2 rings (SSSR count). The van der Waals surface area contributed by atoms with Gasteiger partial charge < -0.3 is 4.74 Å². The number of ether oxygens (including phenoxy) is 1. The van der Waals surface area contributed by atoms with Crippen LogP contribution in [-0.2, 0) is 4.79 Å². The van der Waals surface area contributed by atoms with E-state index >= 15 is 0 Å². The highest BCUT2D eigenvalue weighted by molar-refractivity contribution is 5.82. The second-order valence-electron chi connectivity index (χ2n) is 5.14. The van der Waals surface area contributed by atoms with E-state index < -0.39 is 0 Å². The molecule has 0 saturated heterocycles. The molecule has 0 aliphatic rings. The number of nitrogens with one attached hydrogen (secondary N) is 1. The maximum Gasteiger partial charge on any atom is 0.277 e. The predicted octanol–water partition coefficient (Wildman–Crippen LogP) is 3.50. The summed E-state index contributed by atoms with van der Waals surface area (Å²) in [6.45, 7) is 3.86. The summed E-state index contributed by atoms with van der Waals surface area (Å²) in [6.07, 6.45) is 5.20. The van der Waals surface area contributed by atoms with Gasteiger partial charge in [0.2, 0.25) is 0 Å². The molecule has 4 heteroatoms. The maximum atomic E-state index is 11.7. The van der Waals surface area contributed by atoms with Crippen LogP contribution in [0.2, 0.25) is 0 Å². The lowest BCUT2D eigenvalue weighted by atomic mass is 10.1. The Morgan fingerprint density at radius 2 is 1.96 bits per heavy atom. The number of hydrazone groups is 1. The van der Waals surface area contributed by atoms with Crippen LogP contribution in [0, 0.1) is 13.8 Å². The third kappa shape index (κ3) is 5.79. The third-order valence-electron chi connectivity index (χ3n) is 3.14. The monoisotopic (exact) mass is 308 g/mol. The van der Waals surface area contributed by atoms with E-state index in [-0.39, 0.29) is 12.5 Å². The number of hydrogen-bond donors (Lipinski definition) is 1. The minimum Gasteiger partial charge on any atom is -0.483 e. The number of rotatable bonds is 6. The van der Waals surface area contributed by atoms with Crippen molar-refractivity contribution in [1.29, 1.82) is 0 Å². The van der Waals surface area contributed by atoms with Gasteiger partial charge in [0.15, 0.2) is 6.61 Å². The lowest BCUT2D eigenvalue weighted by molar-refractivity contribution is -0.123. The molecular weight excluding hydrogens is 288 g/mol. The molecule has 0 unspecified atom stereocenters. The second-order valence-corrected chi connectivity index (χ2v) is 5.14. The highest BCUT2D eigenvalue weighted by Crippen LogP contribution is 2.18. The van der Waals surface area contributed by atoms with E-state index in [1.165, 1.54) is 6.21 Å². The largest absolute Gasteiger partial charge is 0.483 e. The fraction of sp³-hybridized carbons (Fsp3) is 0.158. The first-order valence-corrected chi connectivity index (χ1v) is 7.39. The van der Waals surface area contributed by atoms with Gasteiger partial charge in [-0.3, -0.25) is 4.79 Å². The Labute approximate surface area is 136 Å². The molecule has 1 amide bonds. The summed E-state index contributed by atoms with van der Waals surface area (Å²) in [6, 6.07) is 15.7. The van der Waals surface area contributed by atoms with Crippen LogP contribution in [0.5, 0.6) is 5.75 Å². The van der Waals surface area contributed by atoms with Gasteiger partial charge in [-0.05, 0) is 42.7 Å². The van der Waals surface area contributed by atoms with Crippen LogP contribution in [0.4, 0.5) is 0 Å². The summed E-state index contributed by atoms with van der Waals surface area (Å²) in [5.74, 6) is 0.420. The van der Waals surface area contributed by atoms with Gasteiger partial charge in [-0.15, -0.1) is 0 Å². The summed E-state index contributed by atoms with van der Waals surface area (Å²) in [7, 11) is 0. The van der Waals surface area contributed by atoms with Crippen molar-refractivity contribution in [2.45, 2.75) is 13.8 Å². The Kier molecular flexibility index (Phi) is 6.12. The Hall–Kier alpha value is -2.88. The van der Waals surface area contributed by atoms with Gasteiger partial charge in [-0.25, -0.2) is 5.43 Å². The zero-order chi connectivity index (χ0) is 16.5. The molecule has 0 fully saturated rings. The summed E-state index contributed by atoms with van der Waals surface area (Å²) in [5, 5.41) is 3.85. The summed E-state index contributed by atoms with van der Waals surface area (Å²) < 4.78 is 5.50. The maximum absolute atomic E-state index is 11.7. The summed E-state index contributed by atoms with van der Waals surface area (Å²) in [5.41, 5.74) is 5.59. The lowest BCUT2D eigenvalue weighted by Gasteiger charge is -2.08. The van der Waals surface area contributed by atoms with E-state index in [0.29, 0.717) is 5.75 Å². The van der Waals surface area contributed by atoms with E-state index in [1.807, 2.05) is 68.5 Å². The number of allylic oxidation sites excluding steroid dienone is 1. The summed E-state index contributed by atoms with van der Waals surface area (Å²) in [4.78, 5) is 11.7. The molecule has 2 aromatic rings. The number of aryl methyl sites for hydroxylation is 2. The van der Waals surface area contributed by atoms with Crippen molar-refractivity contribution in [2.24, 2.45) is 5.10 Å². The molecule has 0 atom stereocenters. The van der Waals surface area contributed by atoms with Crippen LogP contribution >= 0.6 is 0 Å². The SMILES string of the molecule is Cc1ccc(C)c(OCC(=O)NN=CC=Cc2ccccc2)c1. The molecule has 0 aliphatic heterocycles. The number of hydrogen-bond acceptors (Lipinski definition) is 3. The highest BCUT2D eigenvalue weighted by Gasteiger charge is 2.03. The number of amides is 1. The normalized spacial score (nSPS) is 11.0. The molecule has 4 nitrogen and oxygen atoms in total. The molecule has 23 heavy (non-hydrogen) atoms. The number of benzene rings is 2. The topological polar surface area (TPSA) is 50.7 Å². The van der Waals surface area contributed by atoms with Crippen molar-refractivity contribution < 1.29 is 9.53 Å². The molecule has 2 aromatic carbocycles. The molecule has 0 spiro atoms. The minimum absolute atomic E-state index is 0.0654. The number of carbonyl (C=O) groups is 1. The van der Waals surface area contributed by atoms with E-state index in [9.17, 15) is 4.79 Å². The fourth-order valence-corrected chi connectivity index (χ4v) is 1.91. The standard InChI is InChI=1S/C19H20N2O2/c1-15-10-11-16(2)18(13-15)23-14-19(22)21-20-12-6-9-17-7-4-3-5-8-17/h3-13H,14H2,1-2H3,(H,21,22). The van der Waals surface area contributed by atoms with Crippen molar-refractivity contribution in [3.8, 4) is 5.75 Å². The summed E-state index contributed by atoms with van der Waals surface area (Å²) >= 11 is 0. The van der Waals surface area contributed by atoms with Gasteiger partial charge in [0.25, 0.3) is 5.91 Å². The van der Waals surface area contributed by atoms with Gasteiger partial charge in [0.05, 0.1) is 0 Å². The second kappa shape index (κ2) is 8.54. The van der Waals surface area contributed by atoms with Crippen molar-refractivity contribution in [2.75, 3.05) is 6.61 Å². The Balaban J connectivity index is 1.76. The van der Waals surface area contributed by atoms with Crippen molar-refractivity contribution in [3.05, 3.63) is 71.3 Å². The Morgan fingerprint density at radius 3 is 2.74 bits per heavy atom. The lowest BCUT2D eigenvalue weighted by Crippen LogP contribution is -2.24. The number of carbonyl (C=O) groups excluding carboxylic acids is 1. The molecule has 1 N–H and O–H groups in total. The van der Waals surface area contributed by atoms with E-state index in [1.54, 1.807) is 6.08 Å². The minimum atomic E-state index is -0.296. The van der Waals surface area contributed by atoms with Gasteiger partial charge in [0, 0.05) is 6.21 Å². The van der Waals surface area contributed by atoms with Crippen molar-refractivity contribution >= 4 is 18.2 Å². The van der Waals surface area contributed by atoms with E-state index in [2.05, 4.69) is 10.5 Å². The molecule has 0 aromatic heterocycles. The molecule has 0 radical (unpaired) electrons. The van der Waals surface area contributed by atoms with Crippen LogP contribution in [0.25, 0.3) is 6.08 Å². The highest BCUT2D eigenvalue weighted by atomic mass is 16.5. The Morgan fingerprint density at radius 1 is 1.17 bits per heavy atom. The van der Waals surface area contributed by atoms with Crippen molar-refractivity contribution in [3.63, 3.8) is 0 Å². The Bertz CT molecular complexity index is 707. The van der Waals surface area contributed by atoms with E-state index in [4.69, 9.17) is 4.74 Å². The number of nitrogens with zero attached hydrogens (tertiary/aromatic N) is 1. The molecule has 0 bridgehead atoms. The van der Waals surface area contributed by atoms with Crippen LogP contribution in [-0.4, -0.2) is 18.7 Å². The van der Waals surface area contributed by atoms with Gasteiger partial charge in [0.1, 0.15) is 5.75 Å². The van der Waals surface area contributed by atoms with Gasteiger partial charge >= 0.3 is 0 Å². The van der Waals surface area contributed by atoms with Crippen LogP contribution in [0.3, 0.4) is 0 Å². The van der Waals surface area contributed by atoms with Crippen LogP contribution in [0.15, 0.2) is 59.7 Å². The average molecular weight is 308 g/mol. The van der Waals surface area contributed by atoms with Gasteiger partial charge in [-0.1, -0.05) is 48.5 Å². The van der Waals surface area contributed by atoms with Crippen LogP contribution in [0.1, 0.15) is 16.7 Å². The predicted molar refractivity (Wildman–Crippen MR) is 93.5 cm³/mol. The zero-order valence-corrected chi connectivity index (χ0v) is 13.3. The zero-order valence-electron chi connectivity index (χ0n) is 13.3. The first-order valence-electron chi connectivity index (χ1n) is 7.39. The molecule has 118 valence electrons. The first kappa shape index (κ1) is 16.5. The molecule has 0 aliphatic carbocycles. The molecule has 0 heterocycles. The average Bonchev–Trinajstić information content (AvgIpc) is 2.56. The quantitative estimate of drug-likeness (QED) is 0.656. The molecule has 0 saturated carbocycles. The first-order chi connectivity index (χ1) is 11.1. The fourth-order valence-electron chi connectivity index (χ4n) is 1.91. The smallest absolute Gasteiger partial charge is 0.277 e. The van der Waals surface area contributed by atoms with E-state index in [0.717, 1.165) is 16.7 Å².